The first kappa shape index (κ1) is 14.0. The second kappa shape index (κ2) is 5.20. The Bertz CT molecular complexity index is 208. The highest BCUT2D eigenvalue weighted by atomic mass is 19.3. The van der Waals surface area contributed by atoms with Crippen molar-refractivity contribution in [2.24, 2.45) is 0 Å². The third kappa shape index (κ3) is 6.16. The molecule has 4 nitrogen and oxygen atoms in total. The molecular weight excluding hydrogens is 215 g/mol. The Balaban J connectivity index is 4.25. The molecule has 0 rings (SSSR count). The summed E-state index contributed by atoms with van der Waals surface area (Å²) in [7, 11) is 0. The number of aliphatic hydroxyl groups excluding tert-OH is 1. The van der Waals surface area contributed by atoms with Crippen LogP contribution in [0.5, 0.6) is 0 Å². The van der Waals surface area contributed by atoms with E-state index in [0.717, 1.165) is 0 Å². The van der Waals surface area contributed by atoms with E-state index in [9.17, 15) is 18.0 Å². The number of ether oxygens (including phenoxy) is 1. The lowest BCUT2D eigenvalue weighted by atomic mass is 10.2. The predicted octanol–water partition coefficient (Wildman–Crippen LogP) is 1.43. The van der Waals surface area contributed by atoms with Crippen molar-refractivity contribution in [1.29, 1.82) is 0 Å². The molecule has 0 saturated carbocycles. The van der Waals surface area contributed by atoms with Gasteiger partial charge in [-0.15, -0.1) is 0 Å². The number of nitrogens with one attached hydrogen (secondary N) is 1. The number of halogens is 3. The molecule has 0 bridgehead atoms. The Labute approximate surface area is 85.4 Å². The van der Waals surface area contributed by atoms with Crippen LogP contribution >= 0.6 is 0 Å². The van der Waals surface area contributed by atoms with E-state index < -0.39 is 30.5 Å². The molecule has 0 aromatic rings. The number of rotatable bonds is 3. The van der Waals surface area contributed by atoms with Gasteiger partial charge in [-0.1, -0.05) is 0 Å². The summed E-state index contributed by atoms with van der Waals surface area (Å²) in [6.45, 7) is 4.57. The van der Waals surface area contributed by atoms with Crippen LogP contribution in [0.3, 0.4) is 0 Å². The van der Waals surface area contributed by atoms with E-state index in [1.807, 2.05) is 0 Å². The average molecular weight is 229 g/mol. The molecule has 90 valence electrons. The SMILES string of the molecule is CC(C)(C)OC(=O)NC(C(O)F)C(F)F. The van der Waals surface area contributed by atoms with Gasteiger partial charge < -0.3 is 15.2 Å². The van der Waals surface area contributed by atoms with Gasteiger partial charge in [0, 0.05) is 0 Å². The smallest absolute Gasteiger partial charge is 0.408 e. The molecule has 0 aromatic heterocycles. The fraction of sp³-hybridized carbons (Fsp3) is 0.875. The quantitative estimate of drug-likeness (QED) is 0.769. The molecule has 0 fully saturated rings. The number of aliphatic hydroxyl groups is 1. The van der Waals surface area contributed by atoms with Crippen LogP contribution in [-0.2, 0) is 4.74 Å². The van der Waals surface area contributed by atoms with E-state index in [4.69, 9.17) is 5.11 Å². The molecule has 2 unspecified atom stereocenters. The van der Waals surface area contributed by atoms with E-state index in [2.05, 4.69) is 4.74 Å². The average Bonchev–Trinajstić information content (AvgIpc) is 1.95. The first-order valence-electron chi connectivity index (χ1n) is 4.23. The molecule has 0 aromatic carbocycles. The van der Waals surface area contributed by atoms with Crippen molar-refractivity contribution in [2.75, 3.05) is 0 Å². The van der Waals surface area contributed by atoms with Crippen molar-refractivity contribution in [3.05, 3.63) is 0 Å². The lowest BCUT2D eigenvalue weighted by molar-refractivity contribution is -0.0537. The van der Waals surface area contributed by atoms with Gasteiger partial charge in [-0.05, 0) is 20.8 Å². The van der Waals surface area contributed by atoms with Crippen molar-refractivity contribution in [3.8, 4) is 0 Å². The number of alkyl halides is 3. The summed E-state index contributed by atoms with van der Waals surface area (Å²) in [5.41, 5.74) is -0.877. The summed E-state index contributed by atoms with van der Waals surface area (Å²) in [5, 5.41) is 9.85. The summed E-state index contributed by atoms with van der Waals surface area (Å²) >= 11 is 0. The van der Waals surface area contributed by atoms with E-state index in [-0.39, 0.29) is 0 Å². The van der Waals surface area contributed by atoms with Gasteiger partial charge in [0.2, 0.25) is 6.36 Å². The molecular formula is C8H14F3NO3. The first-order valence-corrected chi connectivity index (χ1v) is 4.23. The summed E-state index contributed by atoms with van der Waals surface area (Å²) in [4.78, 5) is 10.9. The Morgan fingerprint density at radius 2 is 1.80 bits per heavy atom. The van der Waals surface area contributed by atoms with E-state index >= 15 is 0 Å². The Kier molecular flexibility index (Phi) is 4.86. The molecule has 0 saturated heterocycles. The second-order valence-electron chi connectivity index (χ2n) is 3.88. The van der Waals surface area contributed by atoms with E-state index in [0.29, 0.717) is 0 Å². The standard InChI is InChI=1S/C8H14F3NO3/c1-8(2,3)15-7(14)12-4(5(9)10)6(11)13/h4-6,13H,1-3H3,(H,12,14). The Morgan fingerprint density at radius 1 is 1.33 bits per heavy atom. The second-order valence-corrected chi connectivity index (χ2v) is 3.88. The lowest BCUT2D eigenvalue weighted by Crippen LogP contribution is -2.48. The molecule has 2 N–H and O–H groups in total. The van der Waals surface area contributed by atoms with Crippen LogP contribution < -0.4 is 5.32 Å². The number of carbonyl (C=O) groups is 1. The first-order chi connectivity index (χ1) is 6.63. The molecule has 15 heavy (non-hydrogen) atoms. The maximum atomic E-state index is 12.2. The van der Waals surface area contributed by atoms with Crippen molar-refractivity contribution >= 4 is 6.09 Å². The fourth-order valence-electron chi connectivity index (χ4n) is 0.695. The number of amides is 1. The zero-order valence-corrected chi connectivity index (χ0v) is 8.63. The van der Waals surface area contributed by atoms with Crippen LogP contribution in [0, 0.1) is 0 Å². The van der Waals surface area contributed by atoms with E-state index in [1.165, 1.54) is 26.1 Å². The van der Waals surface area contributed by atoms with Crippen LogP contribution in [0.25, 0.3) is 0 Å². The van der Waals surface area contributed by atoms with Gasteiger partial charge in [-0.3, -0.25) is 0 Å². The summed E-state index contributed by atoms with van der Waals surface area (Å²) in [6.07, 6.45) is -7.25. The number of carbonyl (C=O) groups excluding carboxylic acids is 1. The molecule has 7 heteroatoms. The van der Waals surface area contributed by atoms with Crippen molar-refractivity contribution in [1.82, 2.24) is 5.32 Å². The summed E-state index contributed by atoms with van der Waals surface area (Å²) in [6, 6.07) is -2.28. The zero-order chi connectivity index (χ0) is 12.2. The van der Waals surface area contributed by atoms with Gasteiger partial charge in [-0.25, -0.2) is 18.0 Å². The van der Waals surface area contributed by atoms with Gasteiger partial charge >= 0.3 is 6.09 Å². The normalized spacial score (nSPS) is 16.0. The molecule has 0 aliphatic heterocycles. The van der Waals surface area contributed by atoms with Crippen LogP contribution in [0.2, 0.25) is 0 Å². The Hall–Kier alpha value is -0.980. The Morgan fingerprint density at radius 3 is 2.07 bits per heavy atom. The van der Waals surface area contributed by atoms with Crippen molar-refractivity contribution in [3.63, 3.8) is 0 Å². The molecule has 0 aliphatic carbocycles. The third-order valence-corrected chi connectivity index (χ3v) is 1.25. The number of hydrogen-bond acceptors (Lipinski definition) is 3. The van der Waals surface area contributed by atoms with Crippen LogP contribution in [0.15, 0.2) is 0 Å². The van der Waals surface area contributed by atoms with Crippen LogP contribution in [0.4, 0.5) is 18.0 Å². The monoisotopic (exact) mass is 229 g/mol. The highest BCUT2D eigenvalue weighted by Crippen LogP contribution is 2.10. The van der Waals surface area contributed by atoms with Crippen molar-refractivity contribution < 1.29 is 27.8 Å². The molecule has 2 atom stereocenters. The molecule has 0 spiro atoms. The zero-order valence-electron chi connectivity index (χ0n) is 8.63. The minimum Gasteiger partial charge on any atom is -0.444 e. The molecule has 1 amide bonds. The minimum absolute atomic E-state index is 0.877. The highest BCUT2D eigenvalue weighted by Gasteiger charge is 2.31. The summed E-state index contributed by atoms with van der Waals surface area (Å²) < 4.78 is 41.0. The predicted molar refractivity (Wildman–Crippen MR) is 46.3 cm³/mol. The number of alkyl carbamates (subject to hydrolysis) is 1. The third-order valence-electron chi connectivity index (χ3n) is 1.25. The maximum absolute atomic E-state index is 12.2. The lowest BCUT2D eigenvalue weighted by Gasteiger charge is -2.23. The molecule has 0 aliphatic rings. The van der Waals surface area contributed by atoms with Gasteiger partial charge in [0.15, 0.2) is 0 Å². The van der Waals surface area contributed by atoms with Crippen LogP contribution in [-0.4, -0.2) is 35.6 Å². The topological polar surface area (TPSA) is 58.6 Å². The fourth-order valence-corrected chi connectivity index (χ4v) is 0.695. The molecule has 0 radical (unpaired) electrons. The maximum Gasteiger partial charge on any atom is 0.408 e. The largest absolute Gasteiger partial charge is 0.444 e. The highest BCUT2D eigenvalue weighted by molar-refractivity contribution is 5.68. The molecule has 0 heterocycles. The van der Waals surface area contributed by atoms with Gasteiger partial charge in [0.25, 0.3) is 6.43 Å². The summed E-state index contributed by atoms with van der Waals surface area (Å²) in [5.74, 6) is 0. The minimum atomic E-state index is -3.21. The van der Waals surface area contributed by atoms with Gasteiger partial charge in [0.1, 0.15) is 11.6 Å². The van der Waals surface area contributed by atoms with Gasteiger partial charge in [-0.2, -0.15) is 0 Å². The van der Waals surface area contributed by atoms with E-state index in [1.54, 1.807) is 0 Å². The van der Waals surface area contributed by atoms with Crippen molar-refractivity contribution in [2.45, 2.75) is 45.2 Å². The van der Waals surface area contributed by atoms with Gasteiger partial charge in [0.05, 0.1) is 0 Å². The van der Waals surface area contributed by atoms with Crippen LogP contribution in [0.1, 0.15) is 20.8 Å². The number of hydrogen-bond donors (Lipinski definition) is 2.